The number of nitrogens with one attached hydrogen (secondary N) is 1. The van der Waals surface area contributed by atoms with Crippen LogP contribution in [0.4, 0.5) is 5.69 Å². The first kappa shape index (κ1) is 18.9. The van der Waals surface area contributed by atoms with Crippen molar-refractivity contribution in [2.75, 3.05) is 25.1 Å². The predicted octanol–water partition coefficient (Wildman–Crippen LogP) is 2.34. The summed E-state index contributed by atoms with van der Waals surface area (Å²) in [6.07, 6.45) is 1.69. The smallest absolute Gasteiger partial charge is 0.241 e. The molecule has 22 heavy (non-hydrogen) atoms. The second kappa shape index (κ2) is 9.79. The molecule has 1 atom stereocenters. The lowest BCUT2D eigenvalue weighted by Crippen LogP contribution is -2.44. The third kappa shape index (κ3) is 5.57. The fraction of sp³-hybridized carbons (Fsp3) is 0.562. The van der Waals surface area contributed by atoms with Gasteiger partial charge in [0.05, 0.1) is 12.6 Å². The van der Waals surface area contributed by atoms with Crippen molar-refractivity contribution < 1.29 is 14.3 Å². The minimum atomic E-state index is -0.482. The Morgan fingerprint density at radius 2 is 2.18 bits per heavy atom. The van der Waals surface area contributed by atoms with Crippen molar-refractivity contribution >= 4 is 24.0 Å². The summed E-state index contributed by atoms with van der Waals surface area (Å²) >= 11 is 0. The molecule has 1 aliphatic rings. The van der Waals surface area contributed by atoms with Gasteiger partial charge in [-0.25, -0.2) is 0 Å². The highest BCUT2D eigenvalue weighted by Crippen LogP contribution is 2.19. The highest BCUT2D eigenvalue weighted by Gasteiger charge is 2.26. The van der Waals surface area contributed by atoms with Crippen molar-refractivity contribution in [2.45, 2.75) is 32.4 Å². The molecule has 6 heteroatoms. The van der Waals surface area contributed by atoms with Crippen LogP contribution in [0.2, 0.25) is 0 Å². The molecule has 0 aromatic heterocycles. The molecule has 2 rings (SSSR count). The van der Waals surface area contributed by atoms with E-state index < -0.39 is 6.04 Å². The van der Waals surface area contributed by atoms with Crippen LogP contribution in [0.3, 0.4) is 0 Å². The van der Waals surface area contributed by atoms with Gasteiger partial charge in [-0.15, -0.1) is 12.4 Å². The summed E-state index contributed by atoms with van der Waals surface area (Å²) in [6, 6.07) is 7.19. The topological polar surface area (TPSA) is 73.6 Å². The molecule has 1 saturated heterocycles. The van der Waals surface area contributed by atoms with E-state index in [2.05, 4.69) is 5.32 Å². The lowest BCUT2D eigenvalue weighted by atomic mass is 9.92. The van der Waals surface area contributed by atoms with E-state index in [1.807, 2.05) is 31.2 Å². The number of amides is 1. The maximum absolute atomic E-state index is 12.2. The number of carbonyl (C=O) groups excluding carboxylic acids is 1. The summed E-state index contributed by atoms with van der Waals surface area (Å²) in [5.74, 6) is 0.0702. The molecule has 1 fully saturated rings. The Balaban J connectivity index is 0.00000242. The average Bonchev–Trinajstić information content (AvgIpc) is 2.53. The van der Waals surface area contributed by atoms with Crippen molar-refractivity contribution in [3.63, 3.8) is 0 Å². The van der Waals surface area contributed by atoms with Crippen LogP contribution in [0.25, 0.3) is 0 Å². The molecule has 0 bridgehead atoms. The molecule has 0 spiro atoms. The summed E-state index contributed by atoms with van der Waals surface area (Å²) in [7, 11) is 0. The molecule has 1 heterocycles. The van der Waals surface area contributed by atoms with Gasteiger partial charge < -0.3 is 20.5 Å². The second-order valence-corrected chi connectivity index (χ2v) is 5.30. The quantitative estimate of drug-likeness (QED) is 0.840. The van der Waals surface area contributed by atoms with Gasteiger partial charge >= 0.3 is 0 Å². The number of carbonyl (C=O) groups is 1. The molecule has 1 unspecified atom stereocenters. The van der Waals surface area contributed by atoms with Gasteiger partial charge in [0.15, 0.2) is 0 Å². The van der Waals surface area contributed by atoms with Crippen molar-refractivity contribution in [2.24, 2.45) is 11.7 Å². The zero-order valence-electron chi connectivity index (χ0n) is 12.9. The van der Waals surface area contributed by atoms with Crippen LogP contribution in [0.15, 0.2) is 24.3 Å². The third-order valence-electron chi connectivity index (χ3n) is 3.74. The number of benzene rings is 1. The molecule has 1 amide bonds. The molecule has 3 N–H and O–H groups in total. The summed E-state index contributed by atoms with van der Waals surface area (Å²) < 4.78 is 10.7. The largest absolute Gasteiger partial charge is 0.381 e. The number of hydrogen-bond donors (Lipinski definition) is 2. The highest BCUT2D eigenvalue weighted by molar-refractivity contribution is 5.94. The summed E-state index contributed by atoms with van der Waals surface area (Å²) in [5.41, 5.74) is 7.87. The Morgan fingerprint density at radius 3 is 2.86 bits per heavy atom. The van der Waals surface area contributed by atoms with Gasteiger partial charge in [-0.3, -0.25) is 4.79 Å². The summed E-state index contributed by atoms with van der Waals surface area (Å²) in [5, 5.41) is 2.90. The lowest BCUT2D eigenvalue weighted by Gasteiger charge is -2.26. The molecule has 1 aliphatic heterocycles. The van der Waals surface area contributed by atoms with E-state index in [1.54, 1.807) is 0 Å². The molecule has 124 valence electrons. The lowest BCUT2D eigenvalue weighted by molar-refractivity contribution is -0.119. The first-order valence-corrected chi connectivity index (χ1v) is 7.51. The maximum Gasteiger partial charge on any atom is 0.241 e. The van der Waals surface area contributed by atoms with Gasteiger partial charge in [0.1, 0.15) is 0 Å². The second-order valence-electron chi connectivity index (χ2n) is 5.30. The minimum Gasteiger partial charge on any atom is -0.381 e. The van der Waals surface area contributed by atoms with Gasteiger partial charge in [0.25, 0.3) is 0 Å². The van der Waals surface area contributed by atoms with Crippen molar-refractivity contribution in [1.82, 2.24) is 0 Å². The highest BCUT2D eigenvalue weighted by atomic mass is 35.5. The molecule has 1 aromatic carbocycles. The fourth-order valence-electron chi connectivity index (χ4n) is 2.47. The number of nitrogens with two attached hydrogens (primary N) is 1. The van der Waals surface area contributed by atoms with E-state index in [1.165, 1.54) is 0 Å². The van der Waals surface area contributed by atoms with E-state index in [9.17, 15) is 4.79 Å². The van der Waals surface area contributed by atoms with E-state index in [0.29, 0.717) is 26.4 Å². The predicted molar refractivity (Wildman–Crippen MR) is 89.2 cm³/mol. The molecule has 0 aliphatic carbocycles. The van der Waals surface area contributed by atoms with E-state index >= 15 is 0 Å². The van der Waals surface area contributed by atoms with Crippen LogP contribution in [0.5, 0.6) is 0 Å². The molecular weight excluding hydrogens is 304 g/mol. The minimum absolute atomic E-state index is 0. The maximum atomic E-state index is 12.2. The van der Waals surface area contributed by atoms with Crippen molar-refractivity contribution in [1.29, 1.82) is 0 Å². The van der Waals surface area contributed by atoms with Gasteiger partial charge in [-0.05, 0) is 43.4 Å². The van der Waals surface area contributed by atoms with E-state index in [4.69, 9.17) is 15.2 Å². The Kier molecular flexibility index (Phi) is 8.42. The number of hydrogen-bond acceptors (Lipinski definition) is 4. The Bertz CT molecular complexity index is 464. The van der Waals surface area contributed by atoms with Crippen LogP contribution < -0.4 is 11.1 Å². The van der Waals surface area contributed by atoms with Crippen LogP contribution in [-0.2, 0) is 20.9 Å². The molecular formula is C16H25ClN2O3. The number of rotatable bonds is 6. The van der Waals surface area contributed by atoms with Gasteiger partial charge in [0, 0.05) is 25.5 Å². The van der Waals surface area contributed by atoms with Crippen LogP contribution >= 0.6 is 12.4 Å². The fourth-order valence-corrected chi connectivity index (χ4v) is 2.47. The number of halogens is 1. The number of ether oxygens (including phenoxy) is 2. The van der Waals surface area contributed by atoms with Gasteiger partial charge in [-0.2, -0.15) is 0 Å². The first-order chi connectivity index (χ1) is 10.2. The van der Waals surface area contributed by atoms with Gasteiger partial charge in [0.2, 0.25) is 5.91 Å². The Labute approximate surface area is 138 Å². The number of anilines is 1. The van der Waals surface area contributed by atoms with E-state index in [-0.39, 0.29) is 24.2 Å². The summed E-state index contributed by atoms with van der Waals surface area (Å²) in [6.45, 7) is 4.56. The van der Waals surface area contributed by atoms with Crippen molar-refractivity contribution in [3.8, 4) is 0 Å². The standard InChI is InChI=1S/C16H24N2O3.ClH/c1-2-20-11-12-4-3-5-14(10-12)18-16(19)15(17)13-6-8-21-9-7-13;/h3-5,10,13,15H,2,6-9,11,17H2,1H3,(H,18,19);1H. The average molecular weight is 329 g/mol. The van der Waals surface area contributed by atoms with E-state index in [0.717, 1.165) is 24.1 Å². The van der Waals surface area contributed by atoms with Gasteiger partial charge in [-0.1, -0.05) is 12.1 Å². The SMILES string of the molecule is CCOCc1cccc(NC(=O)C(N)C2CCOCC2)c1.Cl. The molecule has 0 radical (unpaired) electrons. The molecule has 1 aromatic rings. The normalized spacial score (nSPS) is 16.6. The summed E-state index contributed by atoms with van der Waals surface area (Å²) in [4.78, 5) is 12.2. The Hall–Kier alpha value is -1.14. The van der Waals surface area contributed by atoms with Crippen LogP contribution in [0, 0.1) is 5.92 Å². The zero-order valence-corrected chi connectivity index (χ0v) is 13.7. The monoisotopic (exact) mass is 328 g/mol. The van der Waals surface area contributed by atoms with Crippen molar-refractivity contribution in [3.05, 3.63) is 29.8 Å². The Morgan fingerprint density at radius 1 is 1.45 bits per heavy atom. The molecule has 0 saturated carbocycles. The zero-order chi connectivity index (χ0) is 15.1. The third-order valence-corrected chi connectivity index (χ3v) is 3.74. The first-order valence-electron chi connectivity index (χ1n) is 7.51. The molecule has 5 nitrogen and oxygen atoms in total. The van der Waals surface area contributed by atoms with Crippen LogP contribution in [0.1, 0.15) is 25.3 Å². The van der Waals surface area contributed by atoms with Crippen LogP contribution in [-0.4, -0.2) is 31.8 Å².